The van der Waals surface area contributed by atoms with E-state index in [0.29, 0.717) is 0 Å². The fourth-order valence-corrected chi connectivity index (χ4v) is 0.928. The molecule has 4 nitrogen and oxygen atoms in total. The van der Waals surface area contributed by atoms with E-state index in [-0.39, 0.29) is 5.78 Å². The highest BCUT2D eigenvalue weighted by molar-refractivity contribution is 5.91. The van der Waals surface area contributed by atoms with Crippen LogP contribution in [0.25, 0.3) is 0 Å². The quantitative estimate of drug-likeness (QED) is 0.642. The summed E-state index contributed by atoms with van der Waals surface area (Å²) < 4.78 is 0. The third kappa shape index (κ3) is 3.37. The van der Waals surface area contributed by atoms with Gasteiger partial charge in [-0.25, -0.2) is 4.79 Å². The van der Waals surface area contributed by atoms with E-state index in [2.05, 4.69) is 5.32 Å². The van der Waals surface area contributed by atoms with Gasteiger partial charge in [0, 0.05) is 5.41 Å². The highest BCUT2D eigenvalue weighted by Gasteiger charge is 2.26. The first-order valence-corrected chi connectivity index (χ1v) is 3.85. The molecule has 0 aromatic carbocycles. The minimum absolute atomic E-state index is 0.0266. The zero-order valence-corrected chi connectivity index (χ0v) is 7.97. The van der Waals surface area contributed by atoms with Crippen molar-refractivity contribution in [1.29, 1.82) is 0 Å². The molecule has 0 aromatic heterocycles. The van der Waals surface area contributed by atoms with Crippen LogP contribution in [0.1, 0.15) is 27.7 Å². The summed E-state index contributed by atoms with van der Waals surface area (Å²) in [4.78, 5) is 21.8. The number of Topliss-reactive ketones (excluding diaryl/α,β-unsaturated/α-hetero) is 1. The van der Waals surface area contributed by atoms with E-state index < -0.39 is 17.5 Å². The molecule has 0 bridgehead atoms. The van der Waals surface area contributed by atoms with Gasteiger partial charge in [-0.05, 0) is 6.92 Å². The molecule has 2 amide bonds. The Hall–Kier alpha value is -1.06. The normalized spacial score (nSPS) is 13.7. The molecule has 4 heteroatoms. The van der Waals surface area contributed by atoms with Crippen molar-refractivity contribution in [2.24, 2.45) is 11.1 Å². The maximum absolute atomic E-state index is 11.4. The number of nitrogens with one attached hydrogen (secondary N) is 1. The molecule has 0 aromatic rings. The smallest absolute Gasteiger partial charge is 0.312 e. The number of primary amides is 1. The Morgan fingerprint density at radius 3 is 2.00 bits per heavy atom. The van der Waals surface area contributed by atoms with Crippen molar-refractivity contribution in [1.82, 2.24) is 5.32 Å². The summed E-state index contributed by atoms with van der Waals surface area (Å²) in [6.45, 7) is 7.02. The first-order chi connectivity index (χ1) is 5.25. The summed E-state index contributed by atoms with van der Waals surface area (Å²) in [6.07, 6.45) is 0. The summed E-state index contributed by atoms with van der Waals surface area (Å²) in [6, 6.07) is -1.18. The van der Waals surface area contributed by atoms with Crippen molar-refractivity contribution in [3.05, 3.63) is 0 Å². The lowest BCUT2D eigenvalue weighted by atomic mass is 9.87. The van der Waals surface area contributed by atoms with Gasteiger partial charge in [0.1, 0.15) is 0 Å². The Morgan fingerprint density at radius 1 is 1.33 bits per heavy atom. The number of hydrogen-bond acceptors (Lipinski definition) is 2. The van der Waals surface area contributed by atoms with Crippen LogP contribution >= 0.6 is 0 Å². The summed E-state index contributed by atoms with van der Waals surface area (Å²) >= 11 is 0. The van der Waals surface area contributed by atoms with Gasteiger partial charge in [-0.3, -0.25) is 4.79 Å². The summed E-state index contributed by atoms with van der Waals surface area (Å²) in [5, 5.41) is 2.34. The summed E-state index contributed by atoms with van der Waals surface area (Å²) in [5.41, 5.74) is 4.43. The molecule has 0 spiro atoms. The molecule has 0 rings (SSSR count). The maximum atomic E-state index is 11.4. The number of carbonyl (C=O) groups excluding carboxylic acids is 2. The standard InChI is InChI=1S/C8H16N2O2/c1-5(10-7(9)12)6(11)8(2,3)4/h5H,1-4H3,(H3,9,10,12). The van der Waals surface area contributed by atoms with Crippen LogP contribution in [0.3, 0.4) is 0 Å². The van der Waals surface area contributed by atoms with Crippen molar-refractivity contribution in [2.45, 2.75) is 33.7 Å². The fraction of sp³-hybridized carbons (Fsp3) is 0.750. The van der Waals surface area contributed by atoms with E-state index in [1.165, 1.54) is 0 Å². The molecule has 0 fully saturated rings. The largest absolute Gasteiger partial charge is 0.352 e. The van der Waals surface area contributed by atoms with Gasteiger partial charge in [-0.2, -0.15) is 0 Å². The van der Waals surface area contributed by atoms with Gasteiger partial charge in [0.2, 0.25) is 0 Å². The van der Waals surface area contributed by atoms with Gasteiger partial charge in [-0.15, -0.1) is 0 Å². The van der Waals surface area contributed by atoms with Crippen molar-refractivity contribution in [3.8, 4) is 0 Å². The number of nitrogens with two attached hydrogens (primary N) is 1. The highest BCUT2D eigenvalue weighted by Crippen LogP contribution is 2.16. The van der Waals surface area contributed by atoms with Crippen LogP contribution in [0.5, 0.6) is 0 Å². The second kappa shape index (κ2) is 3.56. The van der Waals surface area contributed by atoms with E-state index in [1.807, 2.05) is 0 Å². The van der Waals surface area contributed by atoms with Crippen molar-refractivity contribution < 1.29 is 9.59 Å². The zero-order chi connectivity index (χ0) is 9.94. The van der Waals surface area contributed by atoms with E-state index in [9.17, 15) is 9.59 Å². The predicted octanol–water partition coefficient (Wildman–Crippen LogP) is 0.658. The maximum Gasteiger partial charge on any atom is 0.312 e. The zero-order valence-electron chi connectivity index (χ0n) is 7.97. The van der Waals surface area contributed by atoms with Crippen LogP contribution in [-0.4, -0.2) is 17.9 Å². The first kappa shape index (κ1) is 10.9. The van der Waals surface area contributed by atoms with Crippen LogP contribution in [0.15, 0.2) is 0 Å². The highest BCUT2D eigenvalue weighted by atomic mass is 16.2. The number of urea groups is 1. The van der Waals surface area contributed by atoms with Gasteiger partial charge >= 0.3 is 6.03 Å². The Labute approximate surface area is 72.5 Å². The topological polar surface area (TPSA) is 72.2 Å². The molecule has 1 atom stereocenters. The molecule has 1 unspecified atom stereocenters. The molecule has 0 aliphatic rings. The van der Waals surface area contributed by atoms with Gasteiger partial charge < -0.3 is 11.1 Å². The predicted molar refractivity (Wildman–Crippen MR) is 46.6 cm³/mol. The summed E-state index contributed by atoms with van der Waals surface area (Å²) in [7, 11) is 0. The molecule has 0 radical (unpaired) electrons. The average Bonchev–Trinajstić information content (AvgIpc) is 1.82. The summed E-state index contributed by atoms with van der Waals surface area (Å²) in [5.74, 6) is -0.0266. The van der Waals surface area contributed by atoms with E-state index in [4.69, 9.17) is 5.73 Å². The molecule has 12 heavy (non-hydrogen) atoms. The van der Waals surface area contributed by atoms with Gasteiger partial charge in [0.15, 0.2) is 5.78 Å². The molecule has 0 aliphatic carbocycles. The van der Waals surface area contributed by atoms with Crippen LogP contribution in [0.4, 0.5) is 4.79 Å². The van der Waals surface area contributed by atoms with E-state index >= 15 is 0 Å². The molecular formula is C8H16N2O2. The second-order valence-electron chi connectivity index (χ2n) is 3.84. The number of amides is 2. The number of hydrogen-bond donors (Lipinski definition) is 2. The van der Waals surface area contributed by atoms with Gasteiger partial charge in [0.25, 0.3) is 0 Å². The molecule has 0 aliphatic heterocycles. The lowest BCUT2D eigenvalue weighted by Gasteiger charge is -2.21. The van der Waals surface area contributed by atoms with Crippen LogP contribution in [-0.2, 0) is 4.79 Å². The van der Waals surface area contributed by atoms with Crippen LogP contribution < -0.4 is 11.1 Å². The second-order valence-corrected chi connectivity index (χ2v) is 3.84. The molecular weight excluding hydrogens is 156 g/mol. The minimum Gasteiger partial charge on any atom is -0.352 e. The minimum atomic E-state index is -0.667. The molecule has 0 saturated carbocycles. The Morgan fingerprint density at radius 2 is 1.75 bits per heavy atom. The van der Waals surface area contributed by atoms with Gasteiger partial charge in [-0.1, -0.05) is 20.8 Å². The lowest BCUT2D eigenvalue weighted by Crippen LogP contribution is -2.45. The van der Waals surface area contributed by atoms with Crippen molar-refractivity contribution in [3.63, 3.8) is 0 Å². The first-order valence-electron chi connectivity index (χ1n) is 3.85. The number of carbonyl (C=O) groups is 2. The molecule has 0 heterocycles. The van der Waals surface area contributed by atoms with Gasteiger partial charge in [0.05, 0.1) is 6.04 Å². The van der Waals surface area contributed by atoms with E-state index in [0.717, 1.165) is 0 Å². The molecule has 0 saturated heterocycles. The Bertz CT molecular complexity index is 194. The Kier molecular flexibility index (Phi) is 3.24. The number of rotatable bonds is 2. The number of ketones is 1. The Balaban J connectivity index is 4.21. The third-order valence-electron chi connectivity index (χ3n) is 1.49. The van der Waals surface area contributed by atoms with Crippen molar-refractivity contribution >= 4 is 11.8 Å². The van der Waals surface area contributed by atoms with Crippen LogP contribution in [0, 0.1) is 5.41 Å². The molecule has 70 valence electrons. The van der Waals surface area contributed by atoms with E-state index in [1.54, 1.807) is 27.7 Å². The van der Waals surface area contributed by atoms with Crippen molar-refractivity contribution in [2.75, 3.05) is 0 Å². The lowest BCUT2D eigenvalue weighted by molar-refractivity contribution is -0.127. The third-order valence-corrected chi connectivity index (χ3v) is 1.49. The van der Waals surface area contributed by atoms with Crippen LogP contribution in [0.2, 0.25) is 0 Å². The molecule has 3 N–H and O–H groups in total. The SMILES string of the molecule is CC(NC(N)=O)C(=O)C(C)(C)C. The average molecular weight is 172 g/mol. The monoisotopic (exact) mass is 172 g/mol. The fourth-order valence-electron chi connectivity index (χ4n) is 0.928.